The fourth-order valence-electron chi connectivity index (χ4n) is 1.15. The third kappa shape index (κ3) is 4.39. The highest BCUT2D eigenvalue weighted by Crippen LogP contribution is 2.10. The molecule has 3 heteroatoms. The first-order valence-electron chi connectivity index (χ1n) is 4.83. The standard InChI is InChI=1S/C10H18N2S/c1-8(2)11-6-4-5-10-12-9(3)7-13-10/h7-8,11H,4-6H2,1-3H3. The lowest BCUT2D eigenvalue weighted by Gasteiger charge is -2.06. The van der Waals surface area contributed by atoms with E-state index in [0.717, 1.165) is 18.7 Å². The number of thiazole rings is 1. The largest absolute Gasteiger partial charge is 0.315 e. The number of nitrogens with one attached hydrogen (secondary N) is 1. The van der Waals surface area contributed by atoms with Crippen molar-refractivity contribution in [2.24, 2.45) is 0 Å². The Morgan fingerprint density at radius 3 is 2.85 bits per heavy atom. The van der Waals surface area contributed by atoms with Crippen LogP contribution in [-0.2, 0) is 6.42 Å². The normalized spacial score (nSPS) is 11.1. The fraction of sp³-hybridized carbons (Fsp3) is 0.700. The molecule has 0 saturated carbocycles. The van der Waals surface area contributed by atoms with Crippen molar-refractivity contribution < 1.29 is 0 Å². The van der Waals surface area contributed by atoms with Gasteiger partial charge in [0.1, 0.15) is 0 Å². The van der Waals surface area contributed by atoms with Gasteiger partial charge in [0.15, 0.2) is 0 Å². The summed E-state index contributed by atoms with van der Waals surface area (Å²) in [6.45, 7) is 7.49. The van der Waals surface area contributed by atoms with Crippen molar-refractivity contribution in [2.75, 3.05) is 6.54 Å². The van der Waals surface area contributed by atoms with E-state index in [0.29, 0.717) is 6.04 Å². The molecular formula is C10H18N2S. The Hall–Kier alpha value is -0.410. The number of nitrogens with zero attached hydrogens (tertiary/aromatic N) is 1. The summed E-state index contributed by atoms with van der Waals surface area (Å²) in [5.74, 6) is 0. The summed E-state index contributed by atoms with van der Waals surface area (Å²) < 4.78 is 0. The van der Waals surface area contributed by atoms with Crippen LogP contribution in [0.4, 0.5) is 0 Å². The lowest BCUT2D eigenvalue weighted by Crippen LogP contribution is -2.23. The Bertz CT molecular complexity index is 243. The fourth-order valence-corrected chi connectivity index (χ4v) is 1.97. The maximum absolute atomic E-state index is 4.42. The van der Waals surface area contributed by atoms with Crippen LogP contribution in [0.2, 0.25) is 0 Å². The van der Waals surface area contributed by atoms with E-state index in [2.05, 4.69) is 29.5 Å². The van der Waals surface area contributed by atoms with E-state index in [4.69, 9.17) is 0 Å². The summed E-state index contributed by atoms with van der Waals surface area (Å²) in [6.07, 6.45) is 2.30. The molecule has 1 aromatic heterocycles. The van der Waals surface area contributed by atoms with Crippen LogP contribution in [0.1, 0.15) is 31.0 Å². The van der Waals surface area contributed by atoms with Gasteiger partial charge in [-0.3, -0.25) is 0 Å². The van der Waals surface area contributed by atoms with Gasteiger partial charge in [-0.05, 0) is 19.9 Å². The lowest BCUT2D eigenvalue weighted by atomic mass is 10.3. The molecule has 0 aliphatic carbocycles. The average molecular weight is 198 g/mol. The first kappa shape index (κ1) is 10.7. The summed E-state index contributed by atoms with van der Waals surface area (Å²) in [6, 6.07) is 0.595. The van der Waals surface area contributed by atoms with Crippen LogP contribution in [0.5, 0.6) is 0 Å². The van der Waals surface area contributed by atoms with Crippen LogP contribution in [0, 0.1) is 6.92 Å². The molecule has 1 rings (SSSR count). The van der Waals surface area contributed by atoms with Crippen molar-refractivity contribution in [3.05, 3.63) is 16.1 Å². The molecule has 0 radical (unpaired) electrons. The molecule has 0 spiro atoms. The van der Waals surface area contributed by atoms with E-state index in [1.807, 2.05) is 6.92 Å². The van der Waals surface area contributed by atoms with Crippen LogP contribution < -0.4 is 5.32 Å². The molecule has 1 heterocycles. The second kappa shape index (κ2) is 5.35. The number of hydrogen-bond donors (Lipinski definition) is 1. The zero-order chi connectivity index (χ0) is 9.68. The molecule has 74 valence electrons. The summed E-state index contributed by atoms with van der Waals surface area (Å²) in [7, 11) is 0. The Morgan fingerprint density at radius 1 is 1.54 bits per heavy atom. The highest BCUT2D eigenvalue weighted by molar-refractivity contribution is 7.09. The molecule has 0 aromatic carbocycles. The molecule has 0 fully saturated rings. The minimum atomic E-state index is 0.595. The summed E-state index contributed by atoms with van der Waals surface area (Å²) in [5.41, 5.74) is 1.15. The topological polar surface area (TPSA) is 24.9 Å². The van der Waals surface area contributed by atoms with Gasteiger partial charge in [0, 0.05) is 23.5 Å². The molecule has 0 atom stereocenters. The molecule has 0 saturated heterocycles. The smallest absolute Gasteiger partial charge is 0.0928 e. The van der Waals surface area contributed by atoms with Gasteiger partial charge in [-0.2, -0.15) is 0 Å². The molecule has 0 aliphatic heterocycles. The van der Waals surface area contributed by atoms with Gasteiger partial charge in [-0.1, -0.05) is 13.8 Å². The molecule has 0 aliphatic rings. The van der Waals surface area contributed by atoms with Gasteiger partial charge >= 0.3 is 0 Å². The van der Waals surface area contributed by atoms with E-state index >= 15 is 0 Å². The van der Waals surface area contributed by atoms with Gasteiger partial charge in [-0.15, -0.1) is 11.3 Å². The Labute approximate surface area is 84.4 Å². The Kier molecular flexibility index (Phi) is 4.39. The van der Waals surface area contributed by atoms with Crippen molar-refractivity contribution >= 4 is 11.3 Å². The first-order valence-corrected chi connectivity index (χ1v) is 5.71. The third-order valence-corrected chi connectivity index (χ3v) is 2.81. The van der Waals surface area contributed by atoms with Crippen molar-refractivity contribution in [1.82, 2.24) is 10.3 Å². The van der Waals surface area contributed by atoms with Crippen LogP contribution >= 0.6 is 11.3 Å². The summed E-state index contributed by atoms with van der Waals surface area (Å²) >= 11 is 1.77. The maximum atomic E-state index is 4.42. The zero-order valence-corrected chi connectivity index (χ0v) is 9.45. The van der Waals surface area contributed by atoms with Crippen molar-refractivity contribution in [3.63, 3.8) is 0 Å². The zero-order valence-electron chi connectivity index (χ0n) is 8.63. The molecular weight excluding hydrogens is 180 g/mol. The van der Waals surface area contributed by atoms with Gasteiger partial charge in [0.25, 0.3) is 0 Å². The molecule has 0 bridgehead atoms. The second-order valence-corrected chi connectivity index (χ2v) is 4.54. The van der Waals surface area contributed by atoms with Gasteiger partial charge in [0.05, 0.1) is 5.01 Å². The van der Waals surface area contributed by atoms with Gasteiger partial charge < -0.3 is 5.32 Å². The van der Waals surface area contributed by atoms with Crippen LogP contribution in [0.15, 0.2) is 5.38 Å². The minimum absolute atomic E-state index is 0.595. The Balaban J connectivity index is 2.13. The predicted molar refractivity (Wildman–Crippen MR) is 58.3 cm³/mol. The summed E-state index contributed by atoms with van der Waals surface area (Å²) in [5, 5.41) is 6.78. The van der Waals surface area contributed by atoms with E-state index in [9.17, 15) is 0 Å². The lowest BCUT2D eigenvalue weighted by molar-refractivity contribution is 0.570. The second-order valence-electron chi connectivity index (χ2n) is 3.60. The molecule has 0 unspecified atom stereocenters. The molecule has 1 aromatic rings. The number of aromatic nitrogens is 1. The molecule has 13 heavy (non-hydrogen) atoms. The quantitative estimate of drug-likeness (QED) is 0.735. The third-order valence-electron chi connectivity index (χ3n) is 1.79. The highest BCUT2D eigenvalue weighted by atomic mass is 32.1. The van der Waals surface area contributed by atoms with E-state index in [1.54, 1.807) is 11.3 Å². The summed E-state index contributed by atoms with van der Waals surface area (Å²) in [4.78, 5) is 4.42. The minimum Gasteiger partial charge on any atom is -0.315 e. The average Bonchev–Trinajstić information content (AvgIpc) is 2.45. The molecule has 1 N–H and O–H groups in total. The van der Waals surface area contributed by atoms with E-state index in [1.165, 1.54) is 11.4 Å². The van der Waals surface area contributed by atoms with Crippen LogP contribution in [-0.4, -0.2) is 17.6 Å². The number of aryl methyl sites for hydroxylation is 2. The predicted octanol–water partition coefficient (Wildman–Crippen LogP) is 2.38. The SMILES string of the molecule is Cc1csc(CCCNC(C)C)n1. The number of hydrogen-bond acceptors (Lipinski definition) is 3. The maximum Gasteiger partial charge on any atom is 0.0928 e. The monoisotopic (exact) mass is 198 g/mol. The van der Waals surface area contributed by atoms with Crippen molar-refractivity contribution in [3.8, 4) is 0 Å². The van der Waals surface area contributed by atoms with Crippen LogP contribution in [0.3, 0.4) is 0 Å². The number of rotatable bonds is 5. The van der Waals surface area contributed by atoms with Gasteiger partial charge in [0.2, 0.25) is 0 Å². The van der Waals surface area contributed by atoms with Gasteiger partial charge in [-0.25, -0.2) is 4.98 Å². The molecule has 2 nitrogen and oxygen atoms in total. The van der Waals surface area contributed by atoms with E-state index in [-0.39, 0.29) is 0 Å². The van der Waals surface area contributed by atoms with Crippen molar-refractivity contribution in [1.29, 1.82) is 0 Å². The Morgan fingerprint density at radius 2 is 2.31 bits per heavy atom. The first-order chi connectivity index (χ1) is 6.18. The highest BCUT2D eigenvalue weighted by Gasteiger charge is 1.98. The van der Waals surface area contributed by atoms with Crippen molar-refractivity contribution in [2.45, 2.75) is 39.7 Å². The van der Waals surface area contributed by atoms with Crippen LogP contribution in [0.25, 0.3) is 0 Å². The molecule has 0 amide bonds. The van der Waals surface area contributed by atoms with E-state index < -0.39 is 0 Å².